The minimum Gasteiger partial charge on any atom is -0.497 e. The van der Waals surface area contributed by atoms with E-state index in [9.17, 15) is 26.4 Å². The molecule has 1 amide bonds. The van der Waals surface area contributed by atoms with Crippen molar-refractivity contribution >= 4 is 21.6 Å². The van der Waals surface area contributed by atoms with Crippen molar-refractivity contribution in [1.29, 1.82) is 0 Å². The van der Waals surface area contributed by atoms with E-state index in [0.717, 1.165) is 16.4 Å². The predicted octanol–water partition coefficient (Wildman–Crippen LogP) is 4.47. The highest BCUT2D eigenvalue weighted by Crippen LogP contribution is 2.29. The first-order chi connectivity index (χ1) is 15.5. The highest BCUT2D eigenvalue weighted by Gasteiger charge is 2.30. The van der Waals surface area contributed by atoms with Crippen molar-refractivity contribution in [3.8, 4) is 5.75 Å². The van der Waals surface area contributed by atoms with Crippen molar-refractivity contribution < 1.29 is 31.1 Å². The van der Waals surface area contributed by atoms with E-state index >= 15 is 0 Å². The van der Waals surface area contributed by atoms with Crippen LogP contribution in [0.5, 0.6) is 5.75 Å². The first-order valence-corrected chi connectivity index (χ1v) is 11.1. The number of alkyl halides is 3. The van der Waals surface area contributed by atoms with Crippen molar-refractivity contribution in [2.75, 3.05) is 18.5 Å². The maximum Gasteiger partial charge on any atom is 0.416 e. The number of halogens is 3. The number of hydrogen-bond donors (Lipinski definition) is 1. The number of benzene rings is 3. The summed E-state index contributed by atoms with van der Waals surface area (Å²) in [6, 6.07) is 16.5. The van der Waals surface area contributed by atoms with E-state index in [1.165, 1.54) is 62.7 Å². The molecule has 0 unspecified atom stereocenters. The number of ether oxygens (including phenoxy) is 1. The zero-order valence-corrected chi connectivity index (χ0v) is 18.6. The molecular formula is C23H21F3N2O4S. The molecule has 0 aliphatic carbocycles. The topological polar surface area (TPSA) is 75.7 Å². The average molecular weight is 478 g/mol. The monoisotopic (exact) mass is 478 g/mol. The number of carbonyl (C=O) groups is 1. The van der Waals surface area contributed by atoms with Crippen LogP contribution in [-0.2, 0) is 22.7 Å². The Morgan fingerprint density at radius 3 is 2.21 bits per heavy atom. The van der Waals surface area contributed by atoms with E-state index in [1.807, 2.05) is 0 Å². The number of nitrogens with one attached hydrogen (secondary N) is 1. The van der Waals surface area contributed by atoms with E-state index in [1.54, 1.807) is 12.1 Å². The quantitative estimate of drug-likeness (QED) is 0.544. The van der Waals surface area contributed by atoms with Crippen LogP contribution in [0.1, 0.15) is 21.5 Å². The second kappa shape index (κ2) is 9.53. The molecule has 0 bridgehead atoms. The van der Waals surface area contributed by atoms with Gasteiger partial charge in [0.1, 0.15) is 5.75 Å². The van der Waals surface area contributed by atoms with Crippen molar-refractivity contribution in [3.05, 3.63) is 89.5 Å². The molecule has 0 radical (unpaired) electrons. The Bertz CT molecular complexity index is 1230. The fourth-order valence-electron chi connectivity index (χ4n) is 3.01. The van der Waals surface area contributed by atoms with E-state index in [2.05, 4.69) is 5.32 Å². The number of nitrogens with zero attached hydrogens (tertiary/aromatic N) is 1. The van der Waals surface area contributed by atoms with Crippen LogP contribution in [0.25, 0.3) is 0 Å². The summed E-state index contributed by atoms with van der Waals surface area (Å²) in [5.41, 5.74) is 0.0843. The Hall–Kier alpha value is -3.53. The van der Waals surface area contributed by atoms with Crippen molar-refractivity contribution in [2.24, 2.45) is 0 Å². The largest absolute Gasteiger partial charge is 0.497 e. The van der Waals surface area contributed by atoms with Crippen LogP contribution in [0.15, 0.2) is 77.7 Å². The van der Waals surface area contributed by atoms with Gasteiger partial charge in [-0.15, -0.1) is 0 Å². The van der Waals surface area contributed by atoms with Gasteiger partial charge in [-0.3, -0.25) is 9.10 Å². The Labute approximate surface area is 189 Å². The summed E-state index contributed by atoms with van der Waals surface area (Å²) >= 11 is 0. The summed E-state index contributed by atoms with van der Waals surface area (Å²) in [4.78, 5) is 12.5. The molecule has 0 saturated carbocycles. The third-order valence-electron chi connectivity index (χ3n) is 4.92. The van der Waals surface area contributed by atoms with Gasteiger partial charge in [0.15, 0.2) is 0 Å². The molecule has 10 heteroatoms. The molecule has 3 aromatic rings. The van der Waals surface area contributed by atoms with Gasteiger partial charge in [-0.2, -0.15) is 13.2 Å². The SMILES string of the molecule is COc1ccc(S(=O)(=O)N(C)c2ccc(C(=O)NCc3cccc(C(F)(F)F)c3)cc2)cc1. The van der Waals surface area contributed by atoms with Gasteiger partial charge in [0.05, 0.1) is 23.3 Å². The summed E-state index contributed by atoms with van der Waals surface area (Å²) in [5.74, 6) is 0.0247. The maximum atomic E-state index is 12.8. The van der Waals surface area contributed by atoms with Gasteiger partial charge in [-0.25, -0.2) is 8.42 Å². The molecule has 1 N–H and O–H groups in total. The fraction of sp³-hybridized carbons (Fsp3) is 0.174. The van der Waals surface area contributed by atoms with Crippen LogP contribution in [0.4, 0.5) is 18.9 Å². The highest BCUT2D eigenvalue weighted by molar-refractivity contribution is 7.92. The van der Waals surface area contributed by atoms with Crippen LogP contribution in [0, 0.1) is 0 Å². The van der Waals surface area contributed by atoms with Gasteiger partial charge in [0.2, 0.25) is 0 Å². The van der Waals surface area contributed by atoms with E-state index in [4.69, 9.17) is 4.74 Å². The summed E-state index contributed by atoms with van der Waals surface area (Å²) in [6.45, 7) is -0.0870. The number of amides is 1. The Balaban J connectivity index is 1.68. The number of rotatable bonds is 7. The molecule has 0 aliphatic heterocycles. The maximum absolute atomic E-state index is 12.8. The lowest BCUT2D eigenvalue weighted by atomic mass is 10.1. The van der Waals surface area contributed by atoms with Gasteiger partial charge in [0, 0.05) is 19.2 Å². The molecule has 174 valence electrons. The average Bonchev–Trinajstić information content (AvgIpc) is 2.81. The predicted molar refractivity (Wildman–Crippen MR) is 118 cm³/mol. The van der Waals surface area contributed by atoms with Gasteiger partial charge in [0.25, 0.3) is 15.9 Å². The lowest BCUT2D eigenvalue weighted by Crippen LogP contribution is -2.27. The first kappa shape index (κ1) is 24.1. The minimum atomic E-state index is -4.46. The molecule has 6 nitrogen and oxygen atoms in total. The molecule has 3 rings (SSSR count). The second-order valence-electron chi connectivity index (χ2n) is 7.08. The van der Waals surface area contributed by atoms with Gasteiger partial charge >= 0.3 is 6.18 Å². The Morgan fingerprint density at radius 1 is 1.00 bits per heavy atom. The molecule has 0 aromatic heterocycles. The number of hydrogen-bond acceptors (Lipinski definition) is 4. The summed E-state index contributed by atoms with van der Waals surface area (Å²) < 4.78 is 70.2. The Morgan fingerprint density at radius 2 is 1.64 bits per heavy atom. The van der Waals surface area contributed by atoms with E-state index in [-0.39, 0.29) is 17.0 Å². The van der Waals surface area contributed by atoms with Gasteiger partial charge in [-0.05, 0) is 66.2 Å². The molecule has 0 fully saturated rings. The number of methoxy groups -OCH3 is 1. The summed E-state index contributed by atoms with van der Waals surface area (Å²) in [6.07, 6.45) is -4.46. The molecular weight excluding hydrogens is 457 g/mol. The molecule has 0 atom stereocenters. The fourth-order valence-corrected chi connectivity index (χ4v) is 4.20. The summed E-state index contributed by atoms with van der Waals surface area (Å²) in [7, 11) is -0.957. The lowest BCUT2D eigenvalue weighted by Gasteiger charge is -2.20. The van der Waals surface area contributed by atoms with Gasteiger partial charge < -0.3 is 10.1 Å². The zero-order valence-electron chi connectivity index (χ0n) is 17.8. The van der Waals surface area contributed by atoms with Crippen LogP contribution < -0.4 is 14.4 Å². The van der Waals surface area contributed by atoms with Crippen molar-refractivity contribution in [1.82, 2.24) is 5.32 Å². The number of anilines is 1. The number of carbonyl (C=O) groups excluding carboxylic acids is 1. The molecule has 0 heterocycles. The molecule has 33 heavy (non-hydrogen) atoms. The van der Waals surface area contributed by atoms with Crippen LogP contribution in [0.2, 0.25) is 0 Å². The molecule has 3 aromatic carbocycles. The number of sulfonamides is 1. The van der Waals surface area contributed by atoms with Crippen LogP contribution >= 0.6 is 0 Å². The zero-order chi connectivity index (χ0) is 24.2. The minimum absolute atomic E-state index is 0.0775. The van der Waals surface area contributed by atoms with E-state index in [0.29, 0.717) is 17.0 Å². The second-order valence-corrected chi connectivity index (χ2v) is 9.05. The standard InChI is InChI=1S/C23H21F3N2O4S/c1-28(33(30,31)21-12-10-20(32-2)11-13-21)19-8-6-17(7-9-19)22(29)27-15-16-4-3-5-18(14-16)23(24,25)26/h3-14H,15H2,1-2H3,(H,27,29). The third kappa shape index (κ3) is 5.64. The molecule has 0 saturated heterocycles. The highest BCUT2D eigenvalue weighted by atomic mass is 32.2. The molecule has 0 spiro atoms. The molecule has 0 aliphatic rings. The van der Waals surface area contributed by atoms with Gasteiger partial charge in [-0.1, -0.05) is 12.1 Å². The Kier molecular flexibility index (Phi) is 6.97. The van der Waals surface area contributed by atoms with Crippen LogP contribution in [-0.4, -0.2) is 28.5 Å². The van der Waals surface area contributed by atoms with Crippen LogP contribution in [0.3, 0.4) is 0 Å². The van der Waals surface area contributed by atoms with Crippen molar-refractivity contribution in [2.45, 2.75) is 17.6 Å². The summed E-state index contributed by atoms with van der Waals surface area (Å²) in [5, 5.41) is 2.56. The lowest BCUT2D eigenvalue weighted by molar-refractivity contribution is -0.137. The van der Waals surface area contributed by atoms with E-state index < -0.39 is 27.7 Å². The first-order valence-electron chi connectivity index (χ1n) is 9.70. The smallest absolute Gasteiger partial charge is 0.416 e. The normalized spacial score (nSPS) is 11.7. The van der Waals surface area contributed by atoms with Crippen molar-refractivity contribution in [3.63, 3.8) is 0 Å². The third-order valence-corrected chi connectivity index (χ3v) is 6.72.